The smallest absolute Gasteiger partial charge is 0.218 e. The van der Waals surface area contributed by atoms with Gasteiger partial charge in [-0.15, -0.1) is 0 Å². The maximum absolute atomic E-state index is 5.35. The lowest BCUT2D eigenvalue weighted by Gasteiger charge is -2.31. The predicted octanol–water partition coefficient (Wildman–Crippen LogP) is 2.93. The quantitative estimate of drug-likeness (QED) is 0.787. The molecule has 0 saturated carbocycles. The summed E-state index contributed by atoms with van der Waals surface area (Å²) in [7, 11) is 1.70. The molecule has 1 saturated heterocycles. The van der Waals surface area contributed by atoms with Gasteiger partial charge >= 0.3 is 0 Å². The highest BCUT2D eigenvalue weighted by atomic mass is 127. The zero-order valence-electron chi connectivity index (χ0n) is 10.4. The molecule has 1 aliphatic rings. The summed E-state index contributed by atoms with van der Waals surface area (Å²) >= 11 is 2.36. The van der Waals surface area contributed by atoms with Crippen LogP contribution < -0.4 is 4.74 Å². The first-order valence-electron chi connectivity index (χ1n) is 6.10. The van der Waals surface area contributed by atoms with Crippen LogP contribution in [-0.4, -0.2) is 30.1 Å². The fourth-order valence-corrected chi connectivity index (χ4v) is 2.99. The van der Waals surface area contributed by atoms with Gasteiger partial charge in [0.2, 0.25) is 5.88 Å². The van der Waals surface area contributed by atoms with Gasteiger partial charge < -0.3 is 4.74 Å². The van der Waals surface area contributed by atoms with Crippen molar-refractivity contribution in [3.05, 3.63) is 21.4 Å². The SMILES string of the molecule is COc1nccc(I)c1CN1CCCC(C)C1. The van der Waals surface area contributed by atoms with Crippen molar-refractivity contribution >= 4 is 22.6 Å². The number of pyridine rings is 1. The molecular formula is C13H19IN2O. The number of aromatic nitrogens is 1. The molecular weight excluding hydrogens is 327 g/mol. The van der Waals surface area contributed by atoms with Crippen LogP contribution in [0.25, 0.3) is 0 Å². The highest BCUT2D eigenvalue weighted by molar-refractivity contribution is 14.1. The molecule has 3 nitrogen and oxygen atoms in total. The summed E-state index contributed by atoms with van der Waals surface area (Å²) in [5.74, 6) is 1.58. The standard InChI is InChI=1S/C13H19IN2O/c1-10-4-3-7-16(8-10)9-11-12(14)5-6-15-13(11)17-2/h5-6,10H,3-4,7-9H2,1-2H3. The zero-order valence-corrected chi connectivity index (χ0v) is 12.6. The van der Waals surface area contributed by atoms with E-state index >= 15 is 0 Å². The molecule has 0 amide bonds. The molecule has 1 aliphatic heterocycles. The van der Waals surface area contributed by atoms with Crippen LogP contribution in [0.4, 0.5) is 0 Å². The van der Waals surface area contributed by atoms with Gasteiger partial charge in [-0.3, -0.25) is 4.90 Å². The van der Waals surface area contributed by atoms with Gasteiger partial charge in [-0.2, -0.15) is 0 Å². The van der Waals surface area contributed by atoms with Gasteiger partial charge in [0.15, 0.2) is 0 Å². The monoisotopic (exact) mass is 346 g/mol. The van der Waals surface area contributed by atoms with Gasteiger partial charge in [0.05, 0.1) is 7.11 Å². The number of piperidine rings is 1. The molecule has 0 spiro atoms. The number of ether oxygens (including phenoxy) is 1. The van der Waals surface area contributed by atoms with E-state index in [0.717, 1.165) is 18.3 Å². The van der Waals surface area contributed by atoms with Crippen LogP contribution in [0, 0.1) is 9.49 Å². The summed E-state index contributed by atoms with van der Waals surface area (Å²) in [4.78, 5) is 6.80. The van der Waals surface area contributed by atoms with Crippen molar-refractivity contribution in [2.45, 2.75) is 26.3 Å². The molecule has 4 heteroatoms. The van der Waals surface area contributed by atoms with Crippen molar-refractivity contribution < 1.29 is 4.74 Å². The Morgan fingerprint density at radius 2 is 2.41 bits per heavy atom. The van der Waals surface area contributed by atoms with Crippen molar-refractivity contribution in [3.8, 4) is 5.88 Å². The largest absolute Gasteiger partial charge is 0.481 e. The van der Waals surface area contributed by atoms with E-state index in [2.05, 4.69) is 39.4 Å². The molecule has 1 aromatic heterocycles. The van der Waals surface area contributed by atoms with Crippen LogP contribution in [0.5, 0.6) is 5.88 Å². The Labute approximate surface area is 117 Å². The van der Waals surface area contributed by atoms with E-state index in [9.17, 15) is 0 Å². The first kappa shape index (κ1) is 13.1. The second-order valence-electron chi connectivity index (χ2n) is 4.76. The lowest BCUT2D eigenvalue weighted by molar-refractivity contribution is 0.174. The highest BCUT2D eigenvalue weighted by Gasteiger charge is 2.19. The van der Waals surface area contributed by atoms with Crippen LogP contribution in [0.1, 0.15) is 25.3 Å². The second-order valence-corrected chi connectivity index (χ2v) is 5.93. The molecule has 0 aromatic carbocycles. The van der Waals surface area contributed by atoms with E-state index < -0.39 is 0 Å². The van der Waals surface area contributed by atoms with Gasteiger partial charge in [-0.1, -0.05) is 6.92 Å². The van der Waals surface area contributed by atoms with Gasteiger partial charge in [-0.25, -0.2) is 4.98 Å². The summed E-state index contributed by atoms with van der Waals surface area (Å²) in [5, 5.41) is 0. The number of methoxy groups -OCH3 is 1. The minimum atomic E-state index is 0.773. The van der Waals surface area contributed by atoms with Crippen molar-refractivity contribution in [2.24, 2.45) is 5.92 Å². The van der Waals surface area contributed by atoms with Gasteiger partial charge in [0, 0.05) is 28.4 Å². The minimum absolute atomic E-state index is 0.773. The molecule has 1 fully saturated rings. The third kappa shape index (κ3) is 3.31. The number of hydrogen-bond acceptors (Lipinski definition) is 3. The van der Waals surface area contributed by atoms with E-state index in [4.69, 9.17) is 4.74 Å². The molecule has 1 unspecified atom stereocenters. The number of halogens is 1. The van der Waals surface area contributed by atoms with E-state index in [0.29, 0.717) is 0 Å². The summed E-state index contributed by atoms with van der Waals surface area (Å²) in [5.41, 5.74) is 1.23. The summed E-state index contributed by atoms with van der Waals surface area (Å²) in [6.45, 7) is 5.67. The lowest BCUT2D eigenvalue weighted by Crippen LogP contribution is -2.34. The Bertz CT molecular complexity index is 384. The number of hydrogen-bond donors (Lipinski definition) is 0. The van der Waals surface area contributed by atoms with Crippen molar-refractivity contribution in [3.63, 3.8) is 0 Å². The lowest BCUT2D eigenvalue weighted by atomic mass is 10.00. The summed E-state index contributed by atoms with van der Waals surface area (Å²) in [6.07, 6.45) is 4.47. The number of likely N-dealkylation sites (tertiary alicyclic amines) is 1. The fraction of sp³-hybridized carbons (Fsp3) is 0.615. The highest BCUT2D eigenvalue weighted by Crippen LogP contribution is 2.25. The van der Waals surface area contributed by atoms with Crippen LogP contribution in [0.2, 0.25) is 0 Å². The molecule has 2 heterocycles. The van der Waals surface area contributed by atoms with Crippen LogP contribution in [-0.2, 0) is 6.54 Å². The second kappa shape index (κ2) is 6.00. The first-order valence-corrected chi connectivity index (χ1v) is 7.18. The Morgan fingerprint density at radius 3 is 3.12 bits per heavy atom. The number of rotatable bonds is 3. The molecule has 0 bridgehead atoms. The summed E-state index contributed by atoms with van der Waals surface area (Å²) in [6, 6.07) is 2.05. The molecule has 94 valence electrons. The normalized spacial score (nSPS) is 21.5. The van der Waals surface area contributed by atoms with Crippen LogP contribution >= 0.6 is 22.6 Å². The van der Waals surface area contributed by atoms with Crippen LogP contribution in [0.3, 0.4) is 0 Å². The maximum Gasteiger partial charge on any atom is 0.218 e. The van der Waals surface area contributed by atoms with Crippen molar-refractivity contribution in [1.82, 2.24) is 9.88 Å². The molecule has 2 rings (SSSR count). The predicted molar refractivity (Wildman–Crippen MR) is 77.2 cm³/mol. The Morgan fingerprint density at radius 1 is 1.59 bits per heavy atom. The van der Waals surface area contributed by atoms with Gasteiger partial charge in [-0.05, 0) is 54.0 Å². The minimum Gasteiger partial charge on any atom is -0.481 e. The third-order valence-electron chi connectivity index (χ3n) is 3.28. The van der Waals surface area contributed by atoms with E-state index in [-0.39, 0.29) is 0 Å². The molecule has 1 atom stereocenters. The van der Waals surface area contributed by atoms with Crippen molar-refractivity contribution in [2.75, 3.05) is 20.2 Å². The zero-order chi connectivity index (χ0) is 12.3. The molecule has 1 aromatic rings. The Balaban J connectivity index is 2.12. The fourth-order valence-electron chi connectivity index (χ4n) is 2.42. The van der Waals surface area contributed by atoms with E-state index in [1.807, 2.05) is 12.3 Å². The molecule has 0 radical (unpaired) electrons. The van der Waals surface area contributed by atoms with Crippen LogP contribution in [0.15, 0.2) is 12.3 Å². The number of nitrogens with zero attached hydrogens (tertiary/aromatic N) is 2. The third-order valence-corrected chi connectivity index (χ3v) is 4.29. The van der Waals surface area contributed by atoms with Gasteiger partial charge in [0.1, 0.15) is 0 Å². The average Bonchev–Trinajstić information content (AvgIpc) is 2.32. The van der Waals surface area contributed by atoms with Gasteiger partial charge in [0.25, 0.3) is 0 Å². The molecule has 17 heavy (non-hydrogen) atoms. The topological polar surface area (TPSA) is 25.4 Å². The van der Waals surface area contributed by atoms with E-state index in [1.165, 1.54) is 35.1 Å². The van der Waals surface area contributed by atoms with E-state index in [1.54, 1.807) is 7.11 Å². The Hall–Kier alpha value is -0.360. The van der Waals surface area contributed by atoms with Crippen molar-refractivity contribution in [1.29, 1.82) is 0 Å². The molecule has 0 N–H and O–H groups in total. The Kier molecular flexibility index (Phi) is 4.62. The first-order chi connectivity index (χ1) is 8.20. The average molecular weight is 346 g/mol. The summed E-state index contributed by atoms with van der Waals surface area (Å²) < 4.78 is 6.60. The maximum atomic E-state index is 5.35. The molecule has 0 aliphatic carbocycles.